The molecule has 2 rings (SSSR count). The summed E-state index contributed by atoms with van der Waals surface area (Å²) in [7, 11) is 0. The first-order valence-corrected chi connectivity index (χ1v) is 6.57. The van der Waals surface area contributed by atoms with Gasteiger partial charge in [-0.2, -0.15) is 26.3 Å². The van der Waals surface area contributed by atoms with Crippen LogP contribution in [0.5, 0.6) is 0 Å². The monoisotopic (exact) mass is 354 g/mol. The first-order chi connectivity index (χ1) is 10.5. The van der Waals surface area contributed by atoms with Gasteiger partial charge < -0.3 is 5.11 Å². The molecule has 0 heterocycles. The van der Waals surface area contributed by atoms with Crippen molar-refractivity contribution in [2.75, 3.05) is 0 Å². The van der Waals surface area contributed by atoms with Crippen LogP contribution in [0.25, 0.3) is 0 Å². The Bertz CT molecular complexity index is 692. The van der Waals surface area contributed by atoms with E-state index in [1.807, 2.05) is 0 Å². The molecule has 8 heteroatoms. The molecule has 1 N–H and O–H groups in total. The van der Waals surface area contributed by atoms with E-state index in [2.05, 4.69) is 0 Å². The van der Waals surface area contributed by atoms with Gasteiger partial charge in [0.1, 0.15) is 0 Å². The molecule has 0 aromatic heterocycles. The van der Waals surface area contributed by atoms with Crippen molar-refractivity contribution in [3.8, 4) is 0 Å². The second-order valence-electron chi connectivity index (χ2n) is 4.76. The average molecular weight is 355 g/mol. The van der Waals surface area contributed by atoms with Crippen molar-refractivity contribution in [3.05, 3.63) is 70.2 Å². The van der Waals surface area contributed by atoms with Crippen LogP contribution in [0, 0.1) is 0 Å². The molecule has 1 nitrogen and oxygen atoms in total. The maximum absolute atomic E-state index is 13.5. The Morgan fingerprint density at radius 2 is 1.22 bits per heavy atom. The lowest BCUT2D eigenvalue weighted by Crippen LogP contribution is -2.44. The molecule has 1 atom stereocenters. The number of hydrogen-bond donors (Lipinski definition) is 1. The number of rotatable bonds is 2. The molecule has 2 aromatic rings. The van der Waals surface area contributed by atoms with E-state index in [1.165, 1.54) is 0 Å². The first-order valence-electron chi connectivity index (χ1n) is 6.20. The predicted octanol–water partition coefficient (Wildman–Crippen LogP) is 5.16. The van der Waals surface area contributed by atoms with Crippen LogP contribution in [0.15, 0.2) is 48.5 Å². The second-order valence-corrected chi connectivity index (χ2v) is 5.19. The molecule has 1 unspecified atom stereocenters. The predicted molar refractivity (Wildman–Crippen MR) is 71.9 cm³/mol. The molecule has 0 aliphatic heterocycles. The minimum atomic E-state index is -5.37. The molecule has 0 saturated carbocycles. The van der Waals surface area contributed by atoms with Gasteiger partial charge in [-0.15, -0.1) is 0 Å². The molecule has 0 spiro atoms. The van der Waals surface area contributed by atoms with E-state index in [1.54, 1.807) is 0 Å². The van der Waals surface area contributed by atoms with Crippen molar-refractivity contribution >= 4 is 11.6 Å². The topological polar surface area (TPSA) is 20.2 Å². The van der Waals surface area contributed by atoms with Gasteiger partial charge in [0.25, 0.3) is 0 Å². The van der Waals surface area contributed by atoms with E-state index in [9.17, 15) is 31.4 Å². The SMILES string of the molecule is OC(c1ccc(Cl)cc1)(c1ccccc1C(F)(F)F)C(F)(F)F. The summed E-state index contributed by atoms with van der Waals surface area (Å²) in [6, 6.07) is 6.83. The number of aliphatic hydroxyl groups is 1. The molecular formula is C15H9ClF6O. The van der Waals surface area contributed by atoms with Crippen molar-refractivity contribution in [1.29, 1.82) is 0 Å². The first kappa shape index (κ1) is 17.6. The number of alkyl halides is 6. The van der Waals surface area contributed by atoms with Crippen molar-refractivity contribution in [2.45, 2.75) is 18.0 Å². The molecule has 0 fully saturated rings. The summed E-state index contributed by atoms with van der Waals surface area (Å²) in [4.78, 5) is 0. The average Bonchev–Trinajstić information content (AvgIpc) is 2.45. The summed E-state index contributed by atoms with van der Waals surface area (Å²) in [5, 5.41) is 10.3. The molecule has 0 bridgehead atoms. The van der Waals surface area contributed by atoms with Crippen molar-refractivity contribution in [1.82, 2.24) is 0 Å². The molecular weight excluding hydrogens is 346 g/mol. The Morgan fingerprint density at radius 3 is 1.65 bits per heavy atom. The van der Waals surface area contributed by atoms with Crippen LogP contribution in [-0.4, -0.2) is 11.3 Å². The zero-order valence-corrected chi connectivity index (χ0v) is 12.0. The summed E-state index contributed by atoms with van der Waals surface area (Å²) < 4.78 is 79.6. The Balaban J connectivity index is 2.78. The third-order valence-electron chi connectivity index (χ3n) is 3.29. The van der Waals surface area contributed by atoms with E-state index < -0.39 is 34.6 Å². The summed E-state index contributed by atoms with van der Waals surface area (Å²) in [6.07, 6.45) is -10.4. The summed E-state index contributed by atoms with van der Waals surface area (Å²) in [5.74, 6) is 0. The number of halogens is 7. The summed E-state index contributed by atoms with van der Waals surface area (Å²) >= 11 is 5.58. The highest BCUT2D eigenvalue weighted by atomic mass is 35.5. The zero-order valence-electron chi connectivity index (χ0n) is 11.2. The van der Waals surface area contributed by atoms with Crippen LogP contribution in [0.4, 0.5) is 26.3 Å². The van der Waals surface area contributed by atoms with Crippen LogP contribution in [0.3, 0.4) is 0 Å². The molecule has 0 aliphatic rings. The minimum absolute atomic E-state index is 0.0855. The molecule has 0 radical (unpaired) electrons. The van der Waals surface area contributed by atoms with E-state index in [0.29, 0.717) is 12.1 Å². The lowest BCUT2D eigenvalue weighted by Gasteiger charge is -2.33. The van der Waals surface area contributed by atoms with Gasteiger partial charge in [-0.1, -0.05) is 41.9 Å². The lowest BCUT2D eigenvalue weighted by atomic mass is 9.83. The highest BCUT2D eigenvalue weighted by Crippen LogP contribution is 2.48. The smallest absolute Gasteiger partial charge is 0.372 e. The van der Waals surface area contributed by atoms with E-state index >= 15 is 0 Å². The van der Waals surface area contributed by atoms with Gasteiger partial charge in [0.05, 0.1) is 5.56 Å². The van der Waals surface area contributed by atoms with E-state index in [4.69, 9.17) is 11.6 Å². The fraction of sp³-hybridized carbons (Fsp3) is 0.200. The lowest BCUT2D eigenvalue weighted by molar-refractivity contribution is -0.250. The summed E-state index contributed by atoms with van der Waals surface area (Å²) in [5.41, 5.74) is -7.42. The van der Waals surface area contributed by atoms with Gasteiger partial charge in [0.2, 0.25) is 5.60 Å². The van der Waals surface area contributed by atoms with Gasteiger partial charge in [-0.05, 0) is 23.8 Å². The Labute approximate surface area is 132 Å². The zero-order chi connectivity index (χ0) is 17.5. The maximum Gasteiger partial charge on any atom is 0.425 e. The van der Waals surface area contributed by atoms with E-state index in [-0.39, 0.29) is 5.02 Å². The summed E-state index contributed by atoms with van der Waals surface area (Å²) in [6.45, 7) is 0. The van der Waals surface area contributed by atoms with Crippen LogP contribution in [0.1, 0.15) is 16.7 Å². The van der Waals surface area contributed by atoms with Crippen LogP contribution in [0.2, 0.25) is 5.02 Å². The quantitative estimate of drug-likeness (QED) is 0.739. The minimum Gasteiger partial charge on any atom is -0.372 e. The number of hydrogen-bond acceptors (Lipinski definition) is 1. The van der Waals surface area contributed by atoms with Crippen molar-refractivity contribution < 1.29 is 31.4 Å². The third-order valence-corrected chi connectivity index (χ3v) is 3.55. The Morgan fingerprint density at radius 1 is 0.739 bits per heavy atom. The third kappa shape index (κ3) is 3.16. The van der Waals surface area contributed by atoms with Crippen molar-refractivity contribution in [2.24, 2.45) is 0 Å². The van der Waals surface area contributed by atoms with Gasteiger partial charge in [0.15, 0.2) is 0 Å². The molecule has 23 heavy (non-hydrogen) atoms. The maximum atomic E-state index is 13.5. The van der Waals surface area contributed by atoms with Crippen molar-refractivity contribution in [3.63, 3.8) is 0 Å². The van der Waals surface area contributed by atoms with Gasteiger partial charge in [0, 0.05) is 10.6 Å². The van der Waals surface area contributed by atoms with Crippen LogP contribution >= 0.6 is 11.6 Å². The molecule has 2 aromatic carbocycles. The second kappa shape index (κ2) is 5.72. The fourth-order valence-corrected chi connectivity index (χ4v) is 2.33. The van der Waals surface area contributed by atoms with Crippen LogP contribution in [-0.2, 0) is 11.8 Å². The van der Waals surface area contributed by atoms with E-state index in [0.717, 1.165) is 36.4 Å². The Kier molecular flexibility index (Phi) is 4.38. The fourth-order valence-electron chi connectivity index (χ4n) is 2.21. The Hall–Kier alpha value is -1.73. The van der Waals surface area contributed by atoms with Gasteiger partial charge in [-0.25, -0.2) is 0 Å². The normalized spacial score (nSPS) is 15.3. The largest absolute Gasteiger partial charge is 0.425 e. The van der Waals surface area contributed by atoms with Gasteiger partial charge in [-0.3, -0.25) is 0 Å². The molecule has 0 aliphatic carbocycles. The molecule has 0 saturated heterocycles. The van der Waals surface area contributed by atoms with Crippen LogP contribution < -0.4 is 0 Å². The standard InChI is InChI=1S/C15H9ClF6O/c16-10-7-5-9(6-8-10)13(23,15(20,21)22)11-3-1-2-4-12(11)14(17,18)19/h1-8,23H. The highest BCUT2D eigenvalue weighted by molar-refractivity contribution is 6.30. The van der Waals surface area contributed by atoms with Gasteiger partial charge >= 0.3 is 12.4 Å². The highest BCUT2D eigenvalue weighted by Gasteiger charge is 2.58. The number of benzene rings is 2. The molecule has 0 amide bonds. The molecule has 124 valence electrons.